The largest absolute Gasteiger partial charge is 0.435 e. The van der Waals surface area contributed by atoms with Gasteiger partial charge in [-0.3, -0.25) is 0 Å². The minimum absolute atomic E-state index is 0.590. The molecule has 0 aliphatic rings. The SMILES string of the molecule is Nc1ccc(-c2nc(-c3ccccc3)c(-c3ccccc3)o2)cc1. The number of nitrogen functional groups attached to an aromatic ring is 1. The average Bonchev–Trinajstić information content (AvgIpc) is 3.09. The van der Waals surface area contributed by atoms with Crippen molar-refractivity contribution in [3.05, 3.63) is 84.9 Å². The lowest BCUT2D eigenvalue weighted by Gasteiger charge is -2.00. The van der Waals surface area contributed by atoms with Gasteiger partial charge in [-0.15, -0.1) is 0 Å². The summed E-state index contributed by atoms with van der Waals surface area (Å²) in [5.74, 6) is 1.36. The molecule has 0 aliphatic carbocycles. The molecule has 4 rings (SSSR count). The van der Waals surface area contributed by atoms with Crippen molar-refractivity contribution in [2.75, 3.05) is 5.73 Å². The molecule has 3 nitrogen and oxygen atoms in total. The zero-order chi connectivity index (χ0) is 16.4. The zero-order valence-electron chi connectivity index (χ0n) is 13.0. The first kappa shape index (κ1) is 14.3. The smallest absolute Gasteiger partial charge is 0.227 e. The molecule has 0 radical (unpaired) electrons. The van der Waals surface area contributed by atoms with Crippen LogP contribution in [0.1, 0.15) is 0 Å². The Hall–Kier alpha value is -3.33. The van der Waals surface area contributed by atoms with Gasteiger partial charge in [0.2, 0.25) is 5.89 Å². The van der Waals surface area contributed by atoms with Gasteiger partial charge >= 0.3 is 0 Å². The number of nitrogens with two attached hydrogens (primary N) is 1. The molecule has 24 heavy (non-hydrogen) atoms. The van der Waals surface area contributed by atoms with Gasteiger partial charge in [0.15, 0.2) is 5.76 Å². The van der Waals surface area contributed by atoms with Crippen LogP contribution in [0.15, 0.2) is 89.3 Å². The highest BCUT2D eigenvalue weighted by Gasteiger charge is 2.17. The van der Waals surface area contributed by atoms with Crippen LogP contribution in [0.3, 0.4) is 0 Å². The van der Waals surface area contributed by atoms with E-state index in [4.69, 9.17) is 15.1 Å². The highest BCUT2D eigenvalue weighted by molar-refractivity contribution is 5.79. The summed E-state index contributed by atoms with van der Waals surface area (Å²) in [5, 5.41) is 0. The number of nitrogens with zero attached hydrogens (tertiary/aromatic N) is 1. The van der Waals surface area contributed by atoms with Crippen molar-refractivity contribution in [3.8, 4) is 34.0 Å². The third kappa shape index (κ3) is 2.68. The Morgan fingerprint density at radius 2 is 1.21 bits per heavy atom. The molecule has 0 atom stereocenters. The fourth-order valence-electron chi connectivity index (χ4n) is 2.65. The normalized spacial score (nSPS) is 10.7. The van der Waals surface area contributed by atoms with Crippen molar-refractivity contribution in [2.24, 2.45) is 0 Å². The Balaban J connectivity index is 1.89. The summed E-state index contributed by atoms with van der Waals surface area (Å²) in [6, 6.07) is 27.7. The highest BCUT2D eigenvalue weighted by Crippen LogP contribution is 2.35. The molecule has 0 aliphatic heterocycles. The number of oxazole rings is 1. The number of hydrogen-bond donors (Lipinski definition) is 1. The molecule has 0 amide bonds. The first-order chi connectivity index (χ1) is 11.8. The van der Waals surface area contributed by atoms with Gasteiger partial charge in [0.1, 0.15) is 5.69 Å². The Bertz CT molecular complexity index is 885. The molecular formula is C21H16N2O. The van der Waals surface area contributed by atoms with Gasteiger partial charge in [-0.25, -0.2) is 4.98 Å². The van der Waals surface area contributed by atoms with Crippen LogP contribution in [0, 0.1) is 0 Å². The third-order valence-corrected chi connectivity index (χ3v) is 3.87. The van der Waals surface area contributed by atoms with E-state index in [0.29, 0.717) is 5.89 Å². The summed E-state index contributed by atoms with van der Waals surface area (Å²) in [4.78, 5) is 4.75. The molecule has 0 unspecified atom stereocenters. The minimum atomic E-state index is 0.590. The van der Waals surface area contributed by atoms with Gasteiger partial charge in [0.05, 0.1) is 0 Å². The molecule has 116 valence electrons. The van der Waals surface area contributed by atoms with Gasteiger partial charge < -0.3 is 10.2 Å². The summed E-state index contributed by atoms with van der Waals surface area (Å²) in [5.41, 5.74) is 10.3. The van der Waals surface area contributed by atoms with Crippen molar-refractivity contribution in [1.29, 1.82) is 0 Å². The number of hydrogen-bond acceptors (Lipinski definition) is 3. The molecule has 1 aromatic heterocycles. The number of anilines is 1. The van der Waals surface area contributed by atoms with Crippen LogP contribution in [-0.4, -0.2) is 4.98 Å². The number of rotatable bonds is 3. The quantitative estimate of drug-likeness (QED) is 0.525. The summed E-state index contributed by atoms with van der Waals surface area (Å²) < 4.78 is 6.13. The summed E-state index contributed by atoms with van der Waals surface area (Å²) in [7, 11) is 0. The second-order valence-electron chi connectivity index (χ2n) is 5.55. The van der Waals surface area contributed by atoms with E-state index in [9.17, 15) is 0 Å². The van der Waals surface area contributed by atoms with Crippen molar-refractivity contribution in [2.45, 2.75) is 0 Å². The van der Waals surface area contributed by atoms with Crippen LogP contribution >= 0.6 is 0 Å². The fourth-order valence-corrected chi connectivity index (χ4v) is 2.65. The van der Waals surface area contributed by atoms with Crippen LogP contribution in [0.2, 0.25) is 0 Å². The van der Waals surface area contributed by atoms with E-state index in [2.05, 4.69) is 0 Å². The van der Waals surface area contributed by atoms with Crippen LogP contribution < -0.4 is 5.73 Å². The van der Waals surface area contributed by atoms with Crippen molar-refractivity contribution in [1.82, 2.24) is 4.98 Å². The molecule has 4 aromatic rings. The zero-order valence-corrected chi connectivity index (χ0v) is 13.0. The Labute approximate surface area is 140 Å². The van der Waals surface area contributed by atoms with Crippen LogP contribution in [0.25, 0.3) is 34.0 Å². The first-order valence-electron chi connectivity index (χ1n) is 7.79. The van der Waals surface area contributed by atoms with Crippen LogP contribution in [-0.2, 0) is 0 Å². The topological polar surface area (TPSA) is 52.0 Å². The summed E-state index contributed by atoms with van der Waals surface area (Å²) in [6.45, 7) is 0. The second kappa shape index (κ2) is 6.05. The highest BCUT2D eigenvalue weighted by atomic mass is 16.4. The maximum atomic E-state index is 6.13. The van der Waals surface area contributed by atoms with Crippen molar-refractivity contribution >= 4 is 5.69 Å². The molecule has 3 aromatic carbocycles. The van der Waals surface area contributed by atoms with E-state index >= 15 is 0 Å². The summed E-state index contributed by atoms with van der Waals surface area (Å²) >= 11 is 0. The summed E-state index contributed by atoms with van der Waals surface area (Å²) in [6.07, 6.45) is 0. The van der Waals surface area contributed by atoms with Gasteiger partial charge in [-0.2, -0.15) is 0 Å². The molecular weight excluding hydrogens is 296 g/mol. The van der Waals surface area contributed by atoms with E-state index in [1.165, 1.54) is 0 Å². The third-order valence-electron chi connectivity index (χ3n) is 3.87. The minimum Gasteiger partial charge on any atom is -0.435 e. The molecule has 0 saturated carbocycles. The molecule has 3 heteroatoms. The van der Waals surface area contributed by atoms with Gasteiger partial charge in [-0.1, -0.05) is 60.7 Å². The number of benzene rings is 3. The van der Waals surface area contributed by atoms with E-state index < -0.39 is 0 Å². The lowest BCUT2D eigenvalue weighted by molar-refractivity contribution is 0.589. The predicted octanol–water partition coefficient (Wildman–Crippen LogP) is 5.26. The molecule has 0 fully saturated rings. The predicted molar refractivity (Wildman–Crippen MR) is 97.2 cm³/mol. The van der Waals surface area contributed by atoms with Crippen LogP contribution in [0.5, 0.6) is 0 Å². The van der Waals surface area contributed by atoms with E-state index in [-0.39, 0.29) is 0 Å². The molecule has 0 saturated heterocycles. The van der Waals surface area contributed by atoms with E-state index in [1.807, 2.05) is 84.9 Å². The molecule has 2 N–H and O–H groups in total. The Morgan fingerprint density at radius 1 is 0.625 bits per heavy atom. The maximum Gasteiger partial charge on any atom is 0.227 e. The fraction of sp³-hybridized carbons (Fsp3) is 0. The monoisotopic (exact) mass is 312 g/mol. The van der Waals surface area contributed by atoms with Gasteiger partial charge in [0, 0.05) is 22.4 Å². The molecule has 1 heterocycles. The van der Waals surface area contributed by atoms with E-state index in [0.717, 1.165) is 33.8 Å². The Kier molecular flexibility index (Phi) is 3.60. The van der Waals surface area contributed by atoms with Crippen molar-refractivity contribution < 1.29 is 4.42 Å². The van der Waals surface area contributed by atoms with E-state index in [1.54, 1.807) is 0 Å². The first-order valence-corrected chi connectivity index (χ1v) is 7.79. The van der Waals surface area contributed by atoms with Crippen molar-refractivity contribution in [3.63, 3.8) is 0 Å². The van der Waals surface area contributed by atoms with Gasteiger partial charge in [0.25, 0.3) is 0 Å². The average molecular weight is 312 g/mol. The second-order valence-corrected chi connectivity index (χ2v) is 5.55. The lowest BCUT2D eigenvalue weighted by Crippen LogP contribution is -1.84. The standard InChI is InChI=1S/C21H16N2O/c22-18-13-11-17(12-14-18)21-23-19(15-7-3-1-4-8-15)20(24-21)16-9-5-2-6-10-16/h1-14H,22H2. The number of aromatic nitrogens is 1. The van der Waals surface area contributed by atoms with Crippen LogP contribution in [0.4, 0.5) is 5.69 Å². The lowest BCUT2D eigenvalue weighted by atomic mass is 10.1. The molecule has 0 bridgehead atoms. The van der Waals surface area contributed by atoms with Gasteiger partial charge in [-0.05, 0) is 24.3 Å². The Morgan fingerprint density at radius 3 is 1.83 bits per heavy atom. The molecule has 0 spiro atoms. The maximum absolute atomic E-state index is 6.13.